The third-order valence-electron chi connectivity index (χ3n) is 8.11. The molecule has 1 aromatic rings. The van der Waals surface area contributed by atoms with E-state index in [1.54, 1.807) is 0 Å². The normalized spacial score (nSPS) is 24.3. The van der Waals surface area contributed by atoms with Gasteiger partial charge >= 0.3 is 0 Å². The number of likely N-dealkylation sites (tertiary alicyclic amines) is 2. The number of hydrogen-bond donors (Lipinski definition) is 0. The molecule has 0 atom stereocenters. The topological polar surface area (TPSA) is 55.8 Å². The standard InChI is InChI=1S/C25H40N6O/c32-24(30-14-6-21(7-15-30)20-28-10-4-5-11-28)22-8-16-29(17-9-22)23-18-26-25(27-19-23)31-12-2-1-3-13-31/h18-19,21-22H,1-17,20H2. The van der Waals surface area contributed by atoms with Crippen LogP contribution in [0.3, 0.4) is 0 Å². The third kappa shape index (κ3) is 5.19. The van der Waals surface area contributed by atoms with E-state index in [2.05, 4.69) is 29.6 Å². The number of aromatic nitrogens is 2. The minimum absolute atomic E-state index is 0.190. The average molecular weight is 441 g/mol. The molecule has 0 radical (unpaired) electrons. The first-order valence-electron chi connectivity index (χ1n) is 13.1. The average Bonchev–Trinajstić information content (AvgIpc) is 3.38. The maximum Gasteiger partial charge on any atom is 0.225 e. The molecule has 0 unspecified atom stereocenters. The molecular weight excluding hydrogens is 400 g/mol. The minimum Gasteiger partial charge on any atom is -0.369 e. The second kappa shape index (κ2) is 10.4. The summed E-state index contributed by atoms with van der Waals surface area (Å²) in [5.74, 6) is 2.24. The molecule has 32 heavy (non-hydrogen) atoms. The van der Waals surface area contributed by atoms with E-state index in [-0.39, 0.29) is 5.92 Å². The third-order valence-corrected chi connectivity index (χ3v) is 8.11. The predicted molar refractivity (Wildman–Crippen MR) is 128 cm³/mol. The smallest absolute Gasteiger partial charge is 0.225 e. The fourth-order valence-corrected chi connectivity index (χ4v) is 6.04. The lowest BCUT2D eigenvalue weighted by atomic mass is 9.91. The van der Waals surface area contributed by atoms with Crippen LogP contribution in [0, 0.1) is 11.8 Å². The summed E-state index contributed by atoms with van der Waals surface area (Å²) in [5, 5.41) is 0. The highest BCUT2D eigenvalue weighted by atomic mass is 16.2. The number of carbonyl (C=O) groups excluding carboxylic acids is 1. The van der Waals surface area contributed by atoms with Crippen LogP contribution in [0.25, 0.3) is 0 Å². The summed E-state index contributed by atoms with van der Waals surface area (Å²) in [7, 11) is 0. The summed E-state index contributed by atoms with van der Waals surface area (Å²) < 4.78 is 0. The highest BCUT2D eigenvalue weighted by Crippen LogP contribution is 2.27. The SMILES string of the molecule is O=C(C1CCN(c2cnc(N3CCCCC3)nc2)CC1)N1CCC(CN2CCCC2)CC1. The van der Waals surface area contributed by atoms with Gasteiger partial charge in [-0.15, -0.1) is 0 Å². The number of carbonyl (C=O) groups is 1. The van der Waals surface area contributed by atoms with Gasteiger partial charge in [-0.2, -0.15) is 0 Å². The van der Waals surface area contributed by atoms with Gasteiger partial charge < -0.3 is 19.6 Å². The number of nitrogens with zero attached hydrogens (tertiary/aromatic N) is 6. The summed E-state index contributed by atoms with van der Waals surface area (Å²) in [5.41, 5.74) is 1.10. The molecule has 4 saturated heterocycles. The Hall–Kier alpha value is -1.89. The van der Waals surface area contributed by atoms with Gasteiger partial charge in [-0.25, -0.2) is 9.97 Å². The number of piperidine rings is 3. The summed E-state index contributed by atoms with van der Waals surface area (Å²) in [6.45, 7) is 9.73. The van der Waals surface area contributed by atoms with Crippen LogP contribution in [0.1, 0.15) is 57.8 Å². The molecule has 0 N–H and O–H groups in total. The molecule has 5 rings (SSSR count). The molecule has 7 heteroatoms. The highest BCUT2D eigenvalue weighted by Gasteiger charge is 2.31. The summed E-state index contributed by atoms with van der Waals surface area (Å²) in [6.07, 6.45) is 14.7. The maximum absolute atomic E-state index is 13.1. The van der Waals surface area contributed by atoms with Gasteiger partial charge in [0.05, 0.1) is 18.1 Å². The van der Waals surface area contributed by atoms with Crippen molar-refractivity contribution in [1.29, 1.82) is 0 Å². The van der Waals surface area contributed by atoms with Gasteiger partial charge in [0.15, 0.2) is 0 Å². The molecule has 0 bridgehead atoms. The van der Waals surface area contributed by atoms with Crippen molar-refractivity contribution in [2.45, 2.75) is 57.8 Å². The first-order valence-corrected chi connectivity index (χ1v) is 13.1. The zero-order valence-electron chi connectivity index (χ0n) is 19.6. The lowest BCUT2D eigenvalue weighted by Crippen LogP contribution is -2.46. The van der Waals surface area contributed by atoms with Gasteiger partial charge in [-0.3, -0.25) is 4.79 Å². The van der Waals surface area contributed by atoms with Gasteiger partial charge in [0.1, 0.15) is 0 Å². The van der Waals surface area contributed by atoms with Crippen LogP contribution in [0.15, 0.2) is 12.4 Å². The number of hydrogen-bond acceptors (Lipinski definition) is 6. The Kier molecular flexibility index (Phi) is 7.10. The zero-order chi connectivity index (χ0) is 21.8. The Labute approximate surface area is 193 Å². The van der Waals surface area contributed by atoms with Crippen LogP contribution in [0.2, 0.25) is 0 Å². The van der Waals surface area contributed by atoms with E-state index >= 15 is 0 Å². The van der Waals surface area contributed by atoms with E-state index in [0.717, 1.165) is 69.7 Å². The second-order valence-corrected chi connectivity index (χ2v) is 10.3. The van der Waals surface area contributed by atoms with Crippen molar-refractivity contribution in [3.05, 3.63) is 12.4 Å². The van der Waals surface area contributed by atoms with Crippen LogP contribution < -0.4 is 9.80 Å². The molecule has 0 saturated carbocycles. The van der Waals surface area contributed by atoms with E-state index < -0.39 is 0 Å². The molecule has 0 spiro atoms. The van der Waals surface area contributed by atoms with Gasteiger partial charge in [0.25, 0.3) is 0 Å². The minimum atomic E-state index is 0.190. The maximum atomic E-state index is 13.1. The Morgan fingerprint density at radius 1 is 0.750 bits per heavy atom. The van der Waals surface area contributed by atoms with Crippen molar-refractivity contribution in [2.24, 2.45) is 11.8 Å². The lowest BCUT2D eigenvalue weighted by molar-refractivity contribution is -0.137. The predicted octanol–water partition coefficient (Wildman–Crippen LogP) is 3.02. The number of amides is 1. The fraction of sp³-hybridized carbons (Fsp3) is 0.800. The van der Waals surface area contributed by atoms with E-state index in [1.807, 2.05) is 12.4 Å². The molecule has 4 aliphatic heterocycles. The largest absolute Gasteiger partial charge is 0.369 e. The van der Waals surface area contributed by atoms with E-state index in [1.165, 1.54) is 64.6 Å². The Bertz CT molecular complexity index is 727. The summed E-state index contributed by atoms with van der Waals surface area (Å²) in [4.78, 5) is 31.9. The fourth-order valence-electron chi connectivity index (χ4n) is 6.04. The van der Waals surface area contributed by atoms with Crippen LogP contribution in [0.4, 0.5) is 11.6 Å². The van der Waals surface area contributed by atoms with Crippen LogP contribution in [-0.2, 0) is 4.79 Å². The highest BCUT2D eigenvalue weighted by molar-refractivity contribution is 5.79. The summed E-state index contributed by atoms with van der Waals surface area (Å²) >= 11 is 0. The zero-order valence-corrected chi connectivity index (χ0v) is 19.6. The Morgan fingerprint density at radius 2 is 1.38 bits per heavy atom. The van der Waals surface area contributed by atoms with Crippen molar-refractivity contribution in [1.82, 2.24) is 19.8 Å². The van der Waals surface area contributed by atoms with Crippen molar-refractivity contribution in [3.8, 4) is 0 Å². The second-order valence-electron chi connectivity index (χ2n) is 10.3. The van der Waals surface area contributed by atoms with Gasteiger partial charge in [-0.05, 0) is 76.8 Å². The first kappa shape index (κ1) is 21.9. The van der Waals surface area contributed by atoms with E-state index in [9.17, 15) is 4.79 Å². The molecule has 0 aliphatic carbocycles. The van der Waals surface area contributed by atoms with Gasteiger partial charge in [0.2, 0.25) is 11.9 Å². The molecule has 1 amide bonds. The summed E-state index contributed by atoms with van der Waals surface area (Å²) in [6, 6.07) is 0. The van der Waals surface area contributed by atoms with E-state index in [0.29, 0.717) is 5.91 Å². The van der Waals surface area contributed by atoms with Crippen molar-refractivity contribution < 1.29 is 4.79 Å². The van der Waals surface area contributed by atoms with E-state index in [4.69, 9.17) is 0 Å². The van der Waals surface area contributed by atoms with Crippen LogP contribution in [-0.4, -0.2) is 84.6 Å². The molecule has 4 aliphatic rings. The number of rotatable bonds is 5. The van der Waals surface area contributed by atoms with Crippen molar-refractivity contribution in [2.75, 3.05) is 68.7 Å². The molecular formula is C25H40N6O. The Balaban J connectivity index is 1.06. The van der Waals surface area contributed by atoms with Crippen LogP contribution >= 0.6 is 0 Å². The quantitative estimate of drug-likeness (QED) is 0.702. The first-order chi connectivity index (χ1) is 15.8. The molecule has 0 aromatic carbocycles. The van der Waals surface area contributed by atoms with Gasteiger partial charge in [-0.1, -0.05) is 0 Å². The monoisotopic (exact) mass is 440 g/mol. The van der Waals surface area contributed by atoms with Crippen molar-refractivity contribution in [3.63, 3.8) is 0 Å². The lowest BCUT2D eigenvalue weighted by Gasteiger charge is -2.38. The molecule has 7 nitrogen and oxygen atoms in total. The Morgan fingerprint density at radius 3 is 2.03 bits per heavy atom. The van der Waals surface area contributed by atoms with Gasteiger partial charge in [0, 0.05) is 51.7 Å². The molecule has 4 fully saturated rings. The van der Waals surface area contributed by atoms with Crippen LogP contribution in [0.5, 0.6) is 0 Å². The molecule has 5 heterocycles. The number of anilines is 2. The molecule has 176 valence electrons. The van der Waals surface area contributed by atoms with Crippen molar-refractivity contribution >= 4 is 17.5 Å². The molecule has 1 aromatic heterocycles.